The van der Waals surface area contributed by atoms with Gasteiger partial charge in [0.2, 0.25) is 11.8 Å². The maximum absolute atomic E-state index is 11.7. The van der Waals surface area contributed by atoms with Crippen LogP contribution < -0.4 is 5.32 Å². The number of carbonyl (C=O) groups is 2. The van der Waals surface area contributed by atoms with Gasteiger partial charge in [0.25, 0.3) is 0 Å². The van der Waals surface area contributed by atoms with Crippen LogP contribution in [0.5, 0.6) is 0 Å². The summed E-state index contributed by atoms with van der Waals surface area (Å²) in [5.41, 5.74) is 0. The minimum atomic E-state index is -0.341. The zero-order valence-corrected chi connectivity index (χ0v) is 10.3. The Morgan fingerprint density at radius 1 is 1.41 bits per heavy atom. The molecule has 5 nitrogen and oxygen atoms in total. The minimum Gasteiger partial charge on any atom is -0.380 e. The summed E-state index contributed by atoms with van der Waals surface area (Å²) < 4.78 is 5.46. The van der Waals surface area contributed by atoms with Gasteiger partial charge >= 0.3 is 0 Å². The zero-order valence-electron chi connectivity index (χ0n) is 10.3. The van der Waals surface area contributed by atoms with Crippen molar-refractivity contribution >= 4 is 11.8 Å². The highest BCUT2D eigenvalue weighted by molar-refractivity contribution is 6.05. The Bertz CT molecular complexity index is 302. The molecule has 2 fully saturated rings. The fraction of sp³-hybridized carbons (Fsp3) is 0.833. The molecule has 1 atom stereocenters. The van der Waals surface area contributed by atoms with Crippen molar-refractivity contribution < 1.29 is 14.3 Å². The maximum atomic E-state index is 11.7. The highest BCUT2D eigenvalue weighted by Crippen LogP contribution is 2.28. The van der Waals surface area contributed by atoms with E-state index in [2.05, 4.69) is 5.32 Å². The Kier molecular flexibility index (Phi) is 4.12. The molecule has 1 saturated heterocycles. The second kappa shape index (κ2) is 5.60. The normalized spacial score (nSPS) is 24.8. The predicted molar refractivity (Wildman–Crippen MR) is 62.3 cm³/mol. The molecule has 1 N–H and O–H groups in total. The van der Waals surface area contributed by atoms with Crippen LogP contribution in [0.2, 0.25) is 0 Å². The summed E-state index contributed by atoms with van der Waals surface area (Å²) in [6, 6.07) is -0.341. The van der Waals surface area contributed by atoms with Crippen LogP contribution >= 0.6 is 0 Å². The van der Waals surface area contributed by atoms with E-state index in [1.165, 1.54) is 17.7 Å². The van der Waals surface area contributed by atoms with E-state index in [1.807, 2.05) is 6.92 Å². The van der Waals surface area contributed by atoms with Crippen LogP contribution in [0.25, 0.3) is 0 Å². The summed E-state index contributed by atoms with van der Waals surface area (Å²) in [6.45, 7) is 4.36. The first kappa shape index (κ1) is 12.5. The van der Waals surface area contributed by atoms with Crippen molar-refractivity contribution in [2.45, 2.75) is 32.2 Å². The van der Waals surface area contributed by atoms with Crippen LogP contribution in [0.1, 0.15) is 26.2 Å². The molecule has 0 aromatic rings. The fourth-order valence-corrected chi connectivity index (χ4v) is 2.01. The number of nitrogens with zero attached hydrogens (tertiary/aromatic N) is 1. The molecule has 0 bridgehead atoms. The average Bonchev–Trinajstić information content (AvgIpc) is 3.07. The number of likely N-dealkylation sites (tertiary alicyclic amines) is 1. The summed E-state index contributed by atoms with van der Waals surface area (Å²) >= 11 is 0. The molecule has 1 aliphatic heterocycles. The van der Waals surface area contributed by atoms with Crippen LogP contribution in [0.4, 0.5) is 0 Å². The molecule has 5 heteroatoms. The second-order valence-corrected chi connectivity index (χ2v) is 4.71. The van der Waals surface area contributed by atoms with Gasteiger partial charge in [0, 0.05) is 19.7 Å². The third-order valence-corrected chi connectivity index (χ3v) is 3.25. The van der Waals surface area contributed by atoms with Gasteiger partial charge in [0.1, 0.15) is 0 Å². The summed E-state index contributed by atoms with van der Waals surface area (Å²) in [5.74, 6) is 0.592. The van der Waals surface area contributed by atoms with E-state index in [9.17, 15) is 9.59 Å². The van der Waals surface area contributed by atoms with E-state index >= 15 is 0 Å². The molecule has 0 spiro atoms. The number of amides is 2. The number of imide groups is 1. The third kappa shape index (κ3) is 3.26. The van der Waals surface area contributed by atoms with E-state index in [-0.39, 0.29) is 24.3 Å². The molecule has 1 saturated carbocycles. The third-order valence-electron chi connectivity index (χ3n) is 3.25. The van der Waals surface area contributed by atoms with Crippen molar-refractivity contribution in [2.24, 2.45) is 5.92 Å². The first-order chi connectivity index (χ1) is 8.22. The van der Waals surface area contributed by atoms with E-state index in [4.69, 9.17) is 4.74 Å². The molecule has 1 unspecified atom stereocenters. The summed E-state index contributed by atoms with van der Waals surface area (Å²) in [6.07, 6.45) is 2.86. The lowest BCUT2D eigenvalue weighted by Crippen LogP contribution is -2.40. The Hall–Kier alpha value is -0.940. The Labute approximate surface area is 101 Å². The topological polar surface area (TPSA) is 58.6 Å². The number of nitrogens with one attached hydrogen (secondary N) is 1. The van der Waals surface area contributed by atoms with Gasteiger partial charge in [0.15, 0.2) is 0 Å². The van der Waals surface area contributed by atoms with Crippen molar-refractivity contribution in [3.05, 3.63) is 0 Å². The SMILES string of the molecule is CCN1C(=O)CC(NCCOCC2CC2)C1=O. The Morgan fingerprint density at radius 3 is 2.76 bits per heavy atom. The first-order valence-corrected chi connectivity index (χ1v) is 6.37. The van der Waals surface area contributed by atoms with Crippen LogP contribution in [-0.2, 0) is 14.3 Å². The number of likely N-dealkylation sites (N-methyl/N-ethyl adjacent to an activating group) is 1. The van der Waals surface area contributed by atoms with Gasteiger partial charge in [0.05, 0.1) is 19.1 Å². The molecule has 2 aliphatic rings. The number of hydrogen-bond acceptors (Lipinski definition) is 4. The highest BCUT2D eigenvalue weighted by atomic mass is 16.5. The van der Waals surface area contributed by atoms with Crippen molar-refractivity contribution in [1.82, 2.24) is 10.2 Å². The minimum absolute atomic E-state index is 0.0751. The smallest absolute Gasteiger partial charge is 0.246 e. The molecule has 96 valence electrons. The molecular weight excluding hydrogens is 220 g/mol. The quantitative estimate of drug-likeness (QED) is 0.508. The fourth-order valence-electron chi connectivity index (χ4n) is 2.01. The second-order valence-electron chi connectivity index (χ2n) is 4.71. The van der Waals surface area contributed by atoms with Crippen molar-refractivity contribution in [3.8, 4) is 0 Å². The molecular formula is C12H20N2O3. The van der Waals surface area contributed by atoms with Crippen LogP contribution in [0, 0.1) is 5.92 Å². The summed E-state index contributed by atoms with van der Waals surface area (Å²) in [5, 5.41) is 3.08. The van der Waals surface area contributed by atoms with Gasteiger partial charge < -0.3 is 10.1 Å². The van der Waals surface area contributed by atoms with Crippen molar-refractivity contribution in [2.75, 3.05) is 26.3 Å². The molecule has 17 heavy (non-hydrogen) atoms. The largest absolute Gasteiger partial charge is 0.380 e. The van der Waals surface area contributed by atoms with Gasteiger partial charge in [-0.2, -0.15) is 0 Å². The molecule has 0 aromatic heterocycles. The molecule has 2 amide bonds. The summed E-state index contributed by atoms with van der Waals surface area (Å²) in [7, 11) is 0. The lowest BCUT2D eigenvalue weighted by Gasteiger charge is -2.13. The lowest BCUT2D eigenvalue weighted by molar-refractivity contribution is -0.138. The van der Waals surface area contributed by atoms with E-state index in [1.54, 1.807) is 0 Å². The van der Waals surface area contributed by atoms with E-state index in [0.717, 1.165) is 12.5 Å². The van der Waals surface area contributed by atoms with Crippen LogP contribution in [-0.4, -0.2) is 49.1 Å². The van der Waals surface area contributed by atoms with Crippen LogP contribution in [0.15, 0.2) is 0 Å². The number of ether oxygens (including phenoxy) is 1. The first-order valence-electron chi connectivity index (χ1n) is 6.37. The number of hydrogen-bond donors (Lipinski definition) is 1. The van der Waals surface area contributed by atoms with Gasteiger partial charge in [-0.15, -0.1) is 0 Å². The van der Waals surface area contributed by atoms with E-state index in [0.29, 0.717) is 19.7 Å². The van der Waals surface area contributed by atoms with Gasteiger partial charge in [-0.3, -0.25) is 14.5 Å². The van der Waals surface area contributed by atoms with Crippen molar-refractivity contribution in [3.63, 3.8) is 0 Å². The Morgan fingerprint density at radius 2 is 2.18 bits per heavy atom. The lowest BCUT2D eigenvalue weighted by atomic mass is 10.2. The molecule has 0 radical (unpaired) electrons. The van der Waals surface area contributed by atoms with Crippen LogP contribution in [0.3, 0.4) is 0 Å². The van der Waals surface area contributed by atoms with E-state index < -0.39 is 0 Å². The molecule has 1 heterocycles. The monoisotopic (exact) mass is 240 g/mol. The zero-order chi connectivity index (χ0) is 12.3. The Balaban J connectivity index is 1.61. The maximum Gasteiger partial charge on any atom is 0.246 e. The standard InChI is InChI=1S/C12H20N2O3/c1-2-14-11(15)7-10(12(14)16)13-5-6-17-8-9-3-4-9/h9-10,13H,2-8H2,1H3. The molecule has 2 rings (SSSR count). The van der Waals surface area contributed by atoms with Gasteiger partial charge in [-0.1, -0.05) is 0 Å². The molecule has 0 aromatic carbocycles. The average molecular weight is 240 g/mol. The van der Waals surface area contributed by atoms with Gasteiger partial charge in [-0.25, -0.2) is 0 Å². The predicted octanol–water partition coefficient (Wildman–Crippen LogP) is 0.150. The number of rotatable bonds is 7. The highest BCUT2D eigenvalue weighted by Gasteiger charge is 2.36. The summed E-state index contributed by atoms with van der Waals surface area (Å²) in [4.78, 5) is 24.5. The number of carbonyl (C=O) groups excluding carboxylic acids is 2. The van der Waals surface area contributed by atoms with Crippen molar-refractivity contribution in [1.29, 1.82) is 0 Å². The van der Waals surface area contributed by atoms with Gasteiger partial charge in [-0.05, 0) is 25.7 Å². The molecule has 1 aliphatic carbocycles.